The molecule has 1 N–H and O–H groups in total. The maximum absolute atomic E-state index is 5.45. The van der Waals surface area contributed by atoms with Crippen molar-refractivity contribution in [3.63, 3.8) is 0 Å². The van der Waals surface area contributed by atoms with Crippen molar-refractivity contribution < 1.29 is 4.42 Å². The van der Waals surface area contributed by atoms with Gasteiger partial charge < -0.3 is 9.73 Å². The van der Waals surface area contributed by atoms with Crippen molar-refractivity contribution in [3.05, 3.63) is 22.6 Å². The van der Waals surface area contributed by atoms with Gasteiger partial charge >= 0.3 is 0 Å². The highest BCUT2D eigenvalue weighted by Gasteiger charge is 2.21. The molecular weight excluding hydrogens is 254 g/mol. The largest absolute Gasteiger partial charge is 0.453 e. The van der Waals surface area contributed by atoms with Gasteiger partial charge in [-0.15, -0.1) is 0 Å². The van der Waals surface area contributed by atoms with Crippen LogP contribution in [-0.2, 0) is 6.54 Å². The van der Waals surface area contributed by atoms with Crippen molar-refractivity contribution >= 4 is 15.9 Å². The highest BCUT2D eigenvalue weighted by molar-refractivity contribution is 9.10. The molecule has 1 saturated carbocycles. The Morgan fingerprint density at radius 3 is 2.80 bits per heavy atom. The third kappa shape index (κ3) is 3.08. The first-order valence-corrected chi connectivity index (χ1v) is 6.52. The first-order valence-electron chi connectivity index (χ1n) is 5.73. The van der Waals surface area contributed by atoms with Gasteiger partial charge in [0, 0.05) is 6.04 Å². The van der Waals surface area contributed by atoms with E-state index in [9.17, 15) is 0 Å². The van der Waals surface area contributed by atoms with Crippen LogP contribution in [0.2, 0.25) is 0 Å². The van der Waals surface area contributed by atoms with E-state index >= 15 is 0 Å². The maximum Gasteiger partial charge on any atom is 0.169 e. The average Bonchev–Trinajstić information content (AvgIpc) is 2.84. The van der Waals surface area contributed by atoms with Crippen LogP contribution in [0.3, 0.4) is 0 Å². The first-order chi connectivity index (χ1) is 7.25. The Labute approximate surface area is 99.6 Å². The van der Waals surface area contributed by atoms with E-state index in [1.54, 1.807) is 0 Å². The smallest absolute Gasteiger partial charge is 0.169 e. The zero-order chi connectivity index (χ0) is 10.7. The molecule has 0 spiro atoms. The number of hydrogen-bond acceptors (Lipinski definition) is 2. The van der Waals surface area contributed by atoms with E-state index in [1.165, 1.54) is 25.7 Å². The van der Waals surface area contributed by atoms with Gasteiger partial charge in [-0.1, -0.05) is 12.8 Å². The Hall–Kier alpha value is -0.280. The van der Waals surface area contributed by atoms with E-state index in [0.717, 1.165) is 22.9 Å². The predicted octanol–water partition coefficient (Wildman–Crippen LogP) is 3.71. The van der Waals surface area contributed by atoms with E-state index in [1.807, 2.05) is 12.1 Å². The SMILES string of the molecule is CC(NCc1ccc(Br)o1)C1CCCC1. The summed E-state index contributed by atoms with van der Waals surface area (Å²) < 4.78 is 6.26. The summed E-state index contributed by atoms with van der Waals surface area (Å²) in [6, 6.07) is 4.56. The molecule has 1 aliphatic rings. The van der Waals surface area contributed by atoms with Gasteiger partial charge in [0.05, 0.1) is 6.54 Å². The van der Waals surface area contributed by atoms with Crippen molar-refractivity contribution in [1.29, 1.82) is 0 Å². The second-order valence-electron chi connectivity index (χ2n) is 4.42. The number of hydrogen-bond donors (Lipinski definition) is 1. The van der Waals surface area contributed by atoms with E-state index in [0.29, 0.717) is 6.04 Å². The normalized spacial score (nSPS) is 19.6. The van der Waals surface area contributed by atoms with Gasteiger partial charge in [0.1, 0.15) is 5.76 Å². The van der Waals surface area contributed by atoms with Crippen LogP contribution < -0.4 is 5.32 Å². The van der Waals surface area contributed by atoms with Gasteiger partial charge in [-0.25, -0.2) is 0 Å². The summed E-state index contributed by atoms with van der Waals surface area (Å²) in [6.07, 6.45) is 5.58. The van der Waals surface area contributed by atoms with Crippen LogP contribution in [0.4, 0.5) is 0 Å². The highest BCUT2D eigenvalue weighted by Crippen LogP contribution is 2.27. The summed E-state index contributed by atoms with van der Waals surface area (Å²) in [6.45, 7) is 3.12. The van der Waals surface area contributed by atoms with Gasteiger partial charge in [0.2, 0.25) is 0 Å². The fraction of sp³-hybridized carbons (Fsp3) is 0.667. The standard InChI is InChI=1S/C12H18BrNO/c1-9(10-4-2-3-5-10)14-8-11-6-7-12(13)15-11/h6-7,9-10,14H,2-5,8H2,1H3. The Bertz CT molecular complexity index is 304. The first kappa shape index (κ1) is 11.2. The monoisotopic (exact) mass is 271 g/mol. The minimum absolute atomic E-state index is 0.608. The molecule has 0 amide bonds. The molecule has 1 heterocycles. The van der Waals surface area contributed by atoms with Crippen molar-refractivity contribution in [3.8, 4) is 0 Å². The van der Waals surface area contributed by atoms with Crippen LogP contribution in [0, 0.1) is 5.92 Å². The second kappa shape index (κ2) is 5.17. The van der Waals surface area contributed by atoms with Crippen LogP contribution >= 0.6 is 15.9 Å². The molecule has 0 radical (unpaired) electrons. The molecule has 84 valence electrons. The molecule has 0 saturated heterocycles. The Morgan fingerprint density at radius 2 is 2.20 bits per heavy atom. The third-order valence-electron chi connectivity index (χ3n) is 3.33. The average molecular weight is 272 g/mol. The van der Waals surface area contributed by atoms with Crippen molar-refractivity contribution in [2.75, 3.05) is 0 Å². The molecule has 1 aromatic heterocycles. The summed E-state index contributed by atoms with van der Waals surface area (Å²) in [5, 5.41) is 3.54. The molecule has 15 heavy (non-hydrogen) atoms. The summed E-state index contributed by atoms with van der Waals surface area (Å²) >= 11 is 3.31. The topological polar surface area (TPSA) is 25.2 Å². The minimum Gasteiger partial charge on any atom is -0.453 e. The van der Waals surface area contributed by atoms with Crippen LogP contribution in [0.15, 0.2) is 21.2 Å². The molecule has 1 fully saturated rings. The van der Waals surface area contributed by atoms with Crippen molar-refractivity contribution in [2.24, 2.45) is 5.92 Å². The highest BCUT2D eigenvalue weighted by atomic mass is 79.9. The van der Waals surface area contributed by atoms with E-state index in [2.05, 4.69) is 28.2 Å². The van der Waals surface area contributed by atoms with Gasteiger partial charge in [-0.3, -0.25) is 0 Å². The zero-order valence-corrected chi connectivity index (χ0v) is 10.7. The Balaban J connectivity index is 1.77. The summed E-state index contributed by atoms with van der Waals surface area (Å²) in [7, 11) is 0. The van der Waals surface area contributed by atoms with Crippen LogP contribution in [0.5, 0.6) is 0 Å². The minimum atomic E-state index is 0.608. The lowest BCUT2D eigenvalue weighted by atomic mass is 10.00. The lowest BCUT2D eigenvalue weighted by Crippen LogP contribution is -2.31. The number of furan rings is 1. The fourth-order valence-corrected chi connectivity index (χ4v) is 2.67. The van der Waals surface area contributed by atoms with E-state index in [-0.39, 0.29) is 0 Å². The quantitative estimate of drug-likeness (QED) is 0.903. The number of rotatable bonds is 4. The number of nitrogens with one attached hydrogen (secondary N) is 1. The molecule has 1 aliphatic carbocycles. The van der Waals surface area contributed by atoms with Crippen LogP contribution in [0.1, 0.15) is 38.4 Å². The Kier molecular flexibility index (Phi) is 3.87. The molecule has 1 unspecified atom stereocenters. The molecule has 2 nitrogen and oxygen atoms in total. The molecule has 0 bridgehead atoms. The second-order valence-corrected chi connectivity index (χ2v) is 5.20. The summed E-state index contributed by atoms with van der Waals surface area (Å²) in [5.74, 6) is 1.87. The lowest BCUT2D eigenvalue weighted by molar-refractivity contribution is 0.360. The van der Waals surface area contributed by atoms with Crippen molar-refractivity contribution in [2.45, 2.75) is 45.2 Å². The van der Waals surface area contributed by atoms with Gasteiger partial charge in [-0.2, -0.15) is 0 Å². The summed E-state index contributed by atoms with van der Waals surface area (Å²) in [4.78, 5) is 0. The van der Waals surface area contributed by atoms with Gasteiger partial charge in [-0.05, 0) is 53.7 Å². The van der Waals surface area contributed by atoms with Crippen LogP contribution in [-0.4, -0.2) is 6.04 Å². The van der Waals surface area contributed by atoms with E-state index < -0.39 is 0 Å². The Morgan fingerprint density at radius 1 is 1.47 bits per heavy atom. The predicted molar refractivity (Wildman–Crippen MR) is 64.7 cm³/mol. The molecule has 2 rings (SSSR count). The zero-order valence-electron chi connectivity index (χ0n) is 9.13. The molecule has 0 aromatic carbocycles. The molecular formula is C12H18BrNO. The fourth-order valence-electron chi connectivity index (χ4n) is 2.33. The number of halogens is 1. The molecule has 1 atom stereocenters. The molecule has 0 aliphatic heterocycles. The maximum atomic E-state index is 5.45. The molecule has 1 aromatic rings. The molecule has 3 heteroatoms. The van der Waals surface area contributed by atoms with Crippen molar-refractivity contribution in [1.82, 2.24) is 5.32 Å². The van der Waals surface area contributed by atoms with E-state index in [4.69, 9.17) is 4.42 Å². The third-order valence-corrected chi connectivity index (χ3v) is 3.76. The van der Waals surface area contributed by atoms with Gasteiger partial charge in [0.15, 0.2) is 4.67 Å². The van der Waals surface area contributed by atoms with Gasteiger partial charge in [0.25, 0.3) is 0 Å². The lowest BCUT2D eigenvalue weighted by Gasteiger charge is -2.19. The van der Waals surface area contributed by atoms with Crippen LogP contribution in [0.25, 0.3) is 0 Å². The summed E-state index contributed by atoms with van der Waals surface area (Å²) in [5.41, 5.74) is 0.